The van der Waals surface area contributed by atoms with E-state index < -0.39 is 0 Å². The zero-order valence-electron chi connectivity index (χ0n) is 8.73. The van der Waals surface area contributed by atoms with E-state index in [1.54, 1.807) is 0 Å². The predicted octanol–water partition coefficient (Wildman–Crippen LogP) is 1.80. The van der Waals surface area contributed by atoms with E-state index in [0.29, 0.717) is 13.0 Å². The second-order valence-electron chi connectivity index (χ2n) is 3.67. The van der Waals surface area contributed by atoms with Gasteiger partial charge in [0.25, 0.3) is 0 Å². The summed E-state index contributed by atoms with van der Waals surface area (Å²) in [5.41, 5.74) is 1.09. The third-order valence-electron chi connectivity index (χ3n) is 2.70. The van der Waals surface area contributed by atoms with E-state index >= 15 is 0 Å². The van der Waals surface area contributed by atoms with E-state index in [4.69, 9.17) is 9.47 Å². The van der Waals surface area contributed by atoms with Gasteiger partial charge in [0.15, 0.2) is 0 Å². The van der Waals surface area contributed by atoms with E-state index in [1.165, 1.54) is 7.11 Å². The highest BCUT2D eigenvalue weighted by molar-refractivity contribution is 5.73. The monoisotopic (exact) mass is 206 g/mol. The van der Waals surface area contributed by atoms with Crippen molar-refractivity contribution in [1.82, 2.24) is 0 Å². The van der Waals surface area contributed by atoms with Crippen LogP contribution in [-0.4, -0.2) is 19.7 Å². The second-order valence-corrected chi connectivity index (χ2v) is 3.67. The summed E-state index contributed by atoms with van der Waals surface area (Å²) in [7, 11) is 1.43. The lowest BCUT2D eigenvalue weighted by atomic mass is 9.97. The molecule has 1 atom stereocenters. The Hall–Kier alpha value is -1.51. The number of esters is 1. The number of hydrogen-bond donors (Lipinski definition) is 0. The molecule has 1 unspecified atom stereocenters. The van der Waals surface area contributed by atoms with Crippen LogP contribution >= 0.6 is 0 Å². The molecule has 1 aromatic rings. The Balaban J connectivity index is 2.21. The molecule has 0 saturated heterocycles. The molecule has 1 aliphatic rings. The molecule has 0 radical (unpaired) electrons. The molecule has 3 heteroatoms. The first-order valence-electron chi connectivity index (χ1n) is 5.10. The van der Waals surface area contributed by atoms with Crippen LogP contribution in [0.25, 0.3) is 0 Å². The van der Waals surface area contributed by atoms with E-state index in [0.717, 1.165) is 17.7 Å². The van der Waals surface area contributed by atoms with Crippen LogP contribution < -0.4 is 4.74 Å². The van der Waals surface area contributed by atoms with Gasteiger partial charge in [0, 0.05) is 0 Å². The van der Waals surface area contributed by atoms with Crippen LogP contribution in [0.3, 0.4) is 0 Å². The van der Waals surface area contributed by atoms with Gasteiger partial charge >= 0.3 is 5.97 Å². The maximum Gasteiger partial charge on any atom is 0.309 e. The van der Waals surface area contributed by atoms with Crippen molar-refractivity contribution >= 4 is 5.97 Å². The maximum atomic E-state index is 11.5. The van der Waals surface area contributed by atoms with Crippen LogP contribution in [0.5, 0.6) is 5.75 Å². The topological polar surface area (TPSA) is 35.5 Å². The van der Waals surface area contributed by atoms with Crippen LogP contribution in [0.15, 0.2) is 24.3 Å². The molecule has 0 fully saturated rings. The minimum Gasteiger partial charge on any atom is -0.493 e. The Morgan fingerprint density at radius 1 is 1.47 bits per heavy atom. The van der Waals surface area contributed by atoms with Crippen molar-refractivity contribution in [3.05, 3.63) is 29.8 Å². The number of methoxy groups -OCH3 is 1. The fraction of sp³-hybridized carbons (Fsp3) is 0.417. The molecule has 80 valence electrons. The number of para-hydroxylation sites is 1. The molecular weight excluding hydrogens is 192 g/mol. The van der Waals surface area contributed by atoms with E-state index in [9.17, 15) is 4.79 Å². The van der Waals surface area contributed by atoms with Gasteiger partial charge in [-0.25, -0.2) is 0 Å². The smallest absolute Gasteiger partial charge is 0.309 e. The van der Waals surface area contributed by atoms with Gasteiger partial charge in [-0.2, -0.15) is 0 Å². The number of ether oxygens (including phenoxy) is 2. The Morgan fingerprint density at radius 3 is 3.07 bits per heavy atom. The lowest BCUT2D eigenvalue weighted by Gasteiger charge is -2.10. The second kappa shape index (κ2) is 4.34. The normalized spacial score (nSPS) is 19.7. The summed E-state index contributed by atoms with van der Waals surface area (Å²) >= 11 is 0. The summed E-state index contributed by atoms with van der Waals surface area (Å²) in [5.74, 6) is 0.679. The number of rotatable bonds is 1. The van der Waals surface area contributed by atoms with E-state index in [1.807, 2.05) is 24.3 Å². The van der Waals surface area contributed by atoms with Gasteiger partial charge < -0.3 is 9.47 Å². The van der Waals surface area contributed by atoms with Gasteiger partial charge in [-0.05, 0) is 24.5 Å². The molecule has 0 aromatic heterocycles. The third-order valence-corrected chi connectivity index (χ3v) is 2.70. The Morgan fingerprint density at radius 2 is 2.27 bits per heavy atom. The third kappa shape index (κ3) is 2.12. The highest BCUT2D eigenvalue weighted by Crippen LogP contribution is 2.26. The summed E-state index contributed by atoms with van der Waals surface area (Å²) in [6, 6.07) is 7.84. The number of fused-ring (bicyclic) bond motifs is 1. The van der Waals surface area contributed by atoms with Crippen LogP contribution in [0.1, 0.15) is 12.0 Å². The molecule has 1 aromatic carbocycles. The minimum absolute atomic E-state index is 0.0707. The molecule has 0 saturated carbocycles. The maximum absolute atomic E-state index is 11.5. The molecule has 1 aliphatic heterocycles. The fourth-order valence-electron chi connectivity index (χ4n) is 1.86. The summed E-state index contributed by atoms with van der Waals surface area (Å²) in [6.45, 7) is 0.580. The van der Waals surface area contributed by atoms with Crippen LogP contribution in [-0.2, 0) is 16.0 Å². The summed E-state index contributed by atoms with van der Waals surface area (Å²) in [6.07, 6.45) is 1.43. The van der Waals surface area contributed by atoms with Crippen molar-refractivity contribution in [2.75, 3.05) is 13.7 Å². The molecule has 0 aliphatic carbocycles. The van der Waals surface area contributed by atoms with Crippen molar-refractivity contribution in [2.45, 2.75) is 12.8 Å². The van der Waals surface area contributed by atoms with E-state index in [-0.39, 0.29) is 11.9 Å². The van der Waals surface area contributed by atoms with E-state index in [2.05, 4.69) is 0 Å². The lowest BCUT2D eigenvalue weighted by Crippen LogP contribution is -2.19. The highest BCUT2D eigenvalue weighted by Gasteiger charge is 2.23. The van der Waals surface area contributed by atoms with Crippen molar-refractivity contribution in [3.8, 4) is 5.75 Å². The number of hydrogen-bond acceptors (Lipinski definition) is 3. The lowest BCUT2D eigenvalue weighted by molar-refractivity contribution is -0.145. The number of carbonyl (C=O) groups excluding carboxylic acids is 1. The van der Waals surface area contributed by atoms with Gasteiger partial charge in [0.05, 0.1) is 19.6 Å². The first-order chi connectivity index (χ1) is 7.31. The van der Waals surface area contributed by atoms with Crippen molar-refractivity contribution < 1.29 is 14.3 Å². The van der Waals surface area contributed by atoms with Crippen LogP contribution in [0, 0.1) is 5.92 Å². The molecule has 0 amide bonds. The SMILES string of the molecule is COC(=O)C1CCOc2ccccc2C1. The fourth-order valence-corrected chi connectivity index (χ4v) is 1.86. The molecule has 3 nitrogen and oxygen atoms in total. The van der Waals surface area contributed by atoms with Crippen molar-refractivity contribution in [1.29, 1.82) is 0 Å². The zero-order valence-corrected chi connectivity index (χ0v) is 8.73. The van der Waals surface area contributed by atoms with Gasteiger partial charge in [0.2, 0.25) is 0 Å². The Kier molecular flexibility index (Phi) is 2.90. The van der Waals surface area contributed by atoms with Crippen LogP contribution in [0.4, 0.5) is 0 Å². The molecule has 1 heterocycles. The molecule has 0 bridgehead atoms. The van der Waals surface area contributed by atoms with Crippen molar-refractivity contribution in [3.63, 3.8) is 0 Å². The van der Waals surface area contributed by atoms with Gasteiger partial charge in [-0.15, -0.1) is 0 Å². The molecule has 0 spiro atoms. The molecule has 0 N–H and O–H groups in total. The predicted molar refractivity (Wildman–Crippen MR) is 55.8 cm³/mol. The highest BCUT2D eigenvalue weighted by atomic mass is 16.5. The van der Waals surface area contributed by atoms with Gasteiger partial charge in [-0.1, -0.05) is 18.2 Å². The van der Waals surface area contributed by atoms with Crippen molar-refractivity contribution in [2.24, 2.45) is 5.92 Å². The standard InChI is InChI=1S/C12H14O3/c1-14-12(13)10-6-7-15-11-5-3-2-4-9(11)8-10/h2-5,10H,6-8H2,1H3. The summed E-state index contributed by atoms with van der Waals surface area (Å²) < 4.78 is 10.3. The average Bonchev–Trinajstić information content (AvgIpc) is 2.49. The quantitative estimate of drug-likeness (QED) is 0.657. The minimum atomic E-state index is -0.143. The summed E-state index contributed by atoms with van der Waals surface area (Å²) in [5, 5.41) is 0. The van der Waals surface area contributed by atoms with Crippen LogP contribution in [0.2, 0.25) is 0 Å². The zero-order chi connectivity index (χ0) is 10.7. The Bertz CT molecular complexity index is 360. The largest absolute Gasteiger partial charge is 0.493 e. The number of carbonyl (C=O) groups is 1. The average molecular weight is 206 g/mol. The molecule has 15 heavy (non-hydrogen) atoms. The Labute approximate surface area is 89.0 Å². The van der Waals surface area contributed by atoms with Gasteiger partial charge in [0.1, 0.15) is 5.75 Å². The first-order valence-corrected chi connectivity index (χ1v) is 5.10. The van der Waals surface area contributed by atoms with Gasteiger partial charge in [-0.3, -0.25) is 4.79 Å². The molecular formula is C12H14O3. The number of benzene rings is 1. The first kappa shape index (κ1) is 10.0. The summed E-state index contributed by atoms with van der Waals surface area (Å²) in [4.78, 5) is 11.5. The molecule has 2 rings (SSSR count).